The van der Waals surface area contributed by atoms with Gasteiger partial charge in [0.25, 0.3) is 0 Å². The number of hydrogen-bond donors (Lipinski definition) is 1. The maximum atomic E-state index is 13.4. The molecule has 0 spiro atoms. The van der Waals surface area contributed by atoms with Gasteiger partial charge in [-0.1, -0.05) is 0 Å². The van der Waals surface area contributed by atoms with Crippen LogP contribution in [0.2, 0.25) is 0 Å². The average Bonchev–Trinajstić information content (AvgIpc) is 2.23. The van der Waals surface area contributed by atoms with Crippen LogP contribution in [-0.4, -0.2) is 19.3 Å². The van der Waals surface area contributed by atoms with E-state index < -0.39 is 27.8 Å². The van der Waals surface area contributed by atoms with E-state index in [4.69, 9.17) is 11.0 Å². The number of carbonyl (C=O) groups excluding carboxylic acids is 1. The van der Waals surface area contributed by atoms with E-state index in [1.54, 1.807) is 0 Å². The van der Waals surface area contributed by atoms with E-state index in [-0.39, 0.29) is 17.5 Å². The number of ether oxygens (including phenoxy) is 1. The first kappa shape index (κ1) is 16.3. The molecule has 0 saturated heterocycles. The van der Waals surface area contributed by atoms with Gasteiger partial charge in [0.1, 0.15) is 11.0 Å². The van der Waals surface area contributed by atoms with Crippen molar-refractivity contribution in [3.63, 3.8) is 0 Å². The third-order valence-corrected chi connectivity index (χ3v) is 2.52. The van der Waals surface area contributed by atoms with Gasteiger partial charge in [0.2, 0.25) is 0 Å². The standard InChI is InChI=1S/C9H8F4N2O2S/c1-4(15)5(3-14)18-7(10)6(8(16)17-2)9(11,12)13/h15H2,1-2H3/b5-4+,7-6+. The Balaban J connectivity index is 5.59. The number of nitrogens with zero attached hydrogens (tertiary/aromatic N) is 1. The van der Waals surface area contributed by atoms with E-state index in [0.717, 1.165) is 0 Å². The number of alkyl halides is 3. The molecule has 0 aliphatic heterocycles. The summed E-state index contributed by atoms with van der Waals surface area (Å²) in [5.41, 5.74) is 2.89. The zero-order valence-corrected chi connectivity index (χ0v) is 10.1. The highest BCUT2D eigenvalue weighted by Gasteiger charge is 2.43. The predicted octanol–water partition coefficient (Wildman–Crippen LogP) is 2.35. The van der Waals surface area contributed by atoms with Crippen molar-refractivity contribution in [3.8, 4) is 6.07 Å². The van der Waals surface area contributed by atoms with Gasteiger partial charge < -0.3 is 10.5 Å². The molecule has 0 saturated carbocycles. The summed E-state index contributed by atoms with van der Waals surface area (Å²) < 4.78 is 54.5. The molecule has 0 aromatic carbocycles. The maximum Gasteiger partial charge on any atom is 0.426 e. The molecular formula is C9H8F4N2O2S. The molecule has 0 amide bonds. The van der Waals surface area contributed by atoms with Crippen molar-refractivity contribution in [1.29, 1.82) is 5.26 Å². The minimum atomic E-state index is -5.23. The molecule has 0 fully saturated rings. The molecule has 18 heavy (non-hydrogen) atoms. The molecule has 2 N–H and O–H groups in total. The first-order chi connectivity index (χ1) is 8.15. The summed E-state index contributed by atoms with van der Waals surface area (Å²) >= 11 is -0.183. The Labute approximate surface area is 104 Å². The molecule has 0 heterocycles. The van der Waals surface area contributed by atoms with Crippen LogP contribution in [0, 0.1) is 11.3 Å². The van der Waals surface area contributed by atoms with Crippen molar-refractivity contribution in [2.45, 2.75) is 13.1 Å². The Morgan fingerprint density at radius 2 is 1.94 bits per heavy atom. The predicted molar refractivity (Wildman–Crippen MR) is 56.3 cm³/mol. The van der Waals surface area contributed by atoms with Gasteiger partial charge in [-0.25, -0.2) is 4.79 Å². The number of allylic oxidation sites excluding steroid dienone is 2. The zero-order chi connectivity index (χ0) is 14.5. The monoisotopic (exact) mass is 284 g/mol. The summed E-state index contributed by atoms with van der Waals surface area (Å²) in [7, 11) is 0.682. The van der Waals surface area contributed by atoms with Crippen LogP contribution in [-0.2, 0) is 9.53 Å². The third kappa shape index (κ3) is 4.29. The lowest BCUT2D eigenvalue weighted by Gasteiger charge is -2.10. The molecule has 0 unspecified atom stereocenters. The van der Waals surface area contributed by atoms with Gasteiger partial charge >= 0.3 is 12.1 Å². The number of thioether (sulfide) groups is 1. The highest BCUT2D eigenvalue weighted by atomic mass is 32.2. The van der Waals surface area contributed by atoms with Gasteiger partial charge in [-0.3, -0.25) is 0 Å². The summed E-state index contributed by atoms with van der Waals surface area (Å²) in [6.45, 7) is 1.21. The first-order valence-electron chi connectivity index (χ1n) is 4.24. The fourth-order valence-corrected chi connectivity index (χ4v) is 1.43. The van der Waals surface area contributed by atoms with Crippen LogP contribution in [0.15, 0.2) is 21.3 Å². The van der Waals surface area contributed by atoms with Crippen LogP contribution in [0.25, 0.3) is 0 Å². The number of nitrogens with two attached hydrogens (primary N) is 1. The smallest absolute Gasteiger partial charge is 0.426 e. The second-order valence-corrected chi connectivity index (χ2v) is 3.83. The number of nitriles is 1. The highest BCUT2D eigenvalue weighted by Crippen LogP contribution is 2.37. The maximum absolute atomic E-state index is 13.4. The lowest BCUT2D eigenvalue weighted by Crippen LogP contribution is -2.22. The number of halogens is 4. The Morgan fingerprint density at radius 3 is 2.22 bits per heavy atom. The molecule has 4 nitrogen and oxygen atoms in total. The van der Waals surface area contributed by atoms with Crippen molar-refractivity contribution < 1.29 is 27.1 Å². The number of methoxy groups -OCH3 is 1. The summed E-state index contributed by atoms with van der Waals surface area (Å²) in [6, 6.07) is 1.42. The van der Waals surface area contributed by atoms with Crippen LogP contribution in [0.4, 0.5) is 17.6 Å². The first-order valence-corrected chi connectivity index (χ1v) is 5.06. The molecule has 9 heteroatoms. The molecule has 0 rings (SSSR count). The van der Waals surface area contributed by atoms with Gasteiger partial charge in [-0.2, -0.15) is 22.8 Å². The van der Waals surface area contributed by atoms with E-state index in [1.165, 1.54) is 13.0 Å². The van der Waals surface area contributed by atoms with E-state index >= 15 is 0 Å². The quantitative estimate of drug-likeness (QED) is 0.372. The minimum absolute atomic E-state index is 0.163. The van der Waals surface area contributed by atoms with E-state index in [2.05, 4.69) is 4.74 Å². The lowest BCUT2D eigenvalue weighted by molar-refractivity contribution is -0.148. The molecule has 0 atom stereocenters. The second kappa shape index (κ2) is 6.30. The molecule has 0 aromatic rings. The minimum Gasteiger partial charge on any atom is -0.465 e. The molecule has 0 aliphatic rings. The molecule has 0 bridgehead atoms. The fraction of sp³-hybridized carbons (Fsp3) is 0.333. The second-order valence-electron chi connectivity index (χ2n) is 2.86. The van der Waals surface area contributed by atoms with Crippen LogP contribution in [0.3, 0.4) is 0 Å². The van der Waals surface area contributed by atoms with Crippen LogP contribution in [0.1, 0.15) is 6.92 Å². The Morgan fingerprint density at radius 1 is 1.44 bits per heavy atom. The van der Waals surface area contributed by atoms with Crippen LogP contribution >= 0.6 is 11.8 Å². The summed E-state index contributed by atoms with van der Waals surface area (Å²) in [4.78, 5) is 10.4. The van der Waals surface area contributed by atoms with E-state index in [1.807, 2.05) is 0 Å². The average molecular weight is 284 g/mol. The summed E-state index contributed by atoms with van der Waals surface area (Å²) in [6.07, 6.45) is -5.23. The molecule has 0 radical (unpaired) electrons. The van der Waals surface area contributed by atoms with Gasteiger partial charge in [-0.15, -0.1) is 0 Å². The van der Waals surface area contributed by atoms with Crippen molar-refractivity contribution in [3.05, 3.63) is 21.3 Å². The van der Waals surface area contributed by atoms with Gasteiger partial charge in [-0.05, 0) is 18.7 Å². The molecule has 100 valence electrons. The lowest BCUT2D eigenvalue weighted by atomic mass is 10.3. The van der Waals surface area contributed by atoms with Crippen LogP contribution in [0.5, 0.6) is 0 Å². The number of hydrogen-bond acceptors (Lipinski definition) is 5. The Bertz CT molecular complexity index is 444. The fourth-order valence-electron chi connectivity index (χ4n) is 0.742. The highest BCUT2D eigenvalue weighted by molar-refractivity contribution is 8.06. The van der Waals surface area contributed by atoms with Crippen molar-refractivity contribution in [2.75, 3.05) is 7.11 Å². The van der Waals surface area contributed by atoms with Crippen molar-refractivity contribution >= 4 is 17.7 Å². The SMILES string of the molecule is COC(=O)/C(=C(/F)S/C(C#N)=C(\C)N)C(F)(F)F. The molecule has 0 aliphatic carbocycles. The number of rotatable bonds is 3. The number of esters is 1. The largest absolute Gasteiger partial charge is 0.465 e. The Hall–Kier alpha value is -1.69. The normalized spacial score (nSPS) is 14.3. The van der Waals surface area contributed by atoms with Gasteiger partial charge in [0.15, 0.2) is 10.7 Å². The Kier molecular flexibility index (Phi) is 5.71. The van der Waals surface area contributed by atoms with Crippen LogP contribution < -0.4 is 5.73 Å². The van der Waals surface area contributed by atoms with Crippen molar-refractivity contribution in [1.82, 2.24) is 0 Å². The topological polar surface area (TPSA) is 76.1 Å². The van der Waals surface area contributed by atoms with Crippen molar-refractivity contribution in [2.24, 2.45) is 5.73 Å². The molecule has 0 aromatic heterocycles. The van der Waals surface area contributed by atoms with Gasteiger partial charge in [0.05, 0.1) is 7.11 Å². The van der Waals surface area contributed by atoms with E-state index in [0.29, 0.717) is 7.11 Å². The van der Waals surface area contributed by atoms with E-state index in [9.17, 15) is 22.4 Å². The third-order valence-electron chi connectivity index (χ3n) is 1.52. The molecular weight excluding hydrogens is 276 g/mol. The van der Waals surface area contributed by atoms with Gasteiger partial charge in [0, 0.05) is 5.70 Å². The summed E-state index contributed by atoms with van der Waals surface area (Å²) in [5.74, 6) is -1.88. The number of carbonyl (C=O) groups is 1. The summed E-state index contributed by atoms with van der Waals surface area (Å²) in [5, 5.41) is 6.64. The zero-order valence-electron chi connectivity index (χ0n) is 9.26.